The van der Waals surface area contributed by atoms with E-state index in [1.807, 2.05) is 13.0 Å². The number of amides is 1. The van der Waals surface area contributed by atoms with E-state index in [0.29, 0.717) is 10.7 Å². The number of anilines is 1. The van der Waals surface area contributed by atoms with Crippen LogP contribution in [0.25, 0.3) is 0 Å². The lowest BCUT2D eigenvalue weighted by atomic mass is 10.2. The normalized spacial score (nSPS) is 10.3. The van der Waals surface area contributed by atoms with Crippen molar-refractivity contribution in [2.75, 3.05) is 5.32 Å². The van der Waals surface area contributed by atoms with Crippen LogP contribution in [0, 0.1) is 6.92 Å². The molecule has 0 saturated carbocycles. The molecule has 0 aliphatic carbocycles. The Labute approximate surface area is 125 Å². The first-order valence-electron chi connectivity index (χ1n) is 5.37. The predicted molar refractivity (Wildman–Crippen MR) is 78.4 cm³/mol. The van der Waals surface area contributed by atoms with Crippen molar-refractivity contribution in [1.29, 1.82) is 0 Å². The van der Waals surface area contributed by atoms with Gasteiger partial charge in [0.2, 0.25) is 0 Å². The summed E-state index contributed by atoms with van der Waals surface area (Å²) < 4.78 is 0. The van der Waals surface area contributed by atoms with Gasteiger partial charge in [0.25, 0.3) is 5.91 Å². The van der Waals surface area contributed by atoms with Gasteiger partial charge in [0.15, 0.2) is 0 Å². The smallest absolute Gasteiger partial charge is 0.258 e. The van der Waals surface area contributed by atoms with Crippen LogP contribution in [0.2, 0.25) is 15.3 Å². The van der Waals surface area contributed by atoms with Gasteiger partial charge < -0.3 is 5.32 Å². The number of hydrogen-bond acceptors (Lipinski definition) is 2. The number of pyridine rings is 1. The summed E-state index contributed by atoms with van der Waals surface area (Å²) in [4.78, 5) is 15.8. The highest BCUT2D eigenvalue weighted by atomic mass is 35.5. The zero-order chi connectivity index (χ0) is 14.0. The second-order valence-electron chi connectivity index (χ2n) is 3.89. The minimum Gasteiger partial charge on any atom is -0.322 e. The third-order valence-electron chi connectivity index (χ3n) is 2.49. The summed E-state index contributed by atoms with van der Waals surface area (Å²) in [5.41, 5.74) is 1.78. The van der Waals surface area contributed by atoms with Crippen molar-refractivity contribution in [3.05, 3.63) is 56.8 Å². The van der Waals surface area contributed by atoms with Crippen LogP contribution in [-0.2, 0) is 0 Å². The molecule has 98 valence electrons. The Kier molecular flexibility index (Phi) is 4.30. The highest BCUT2D eigenvalue weighted by Gasteiger charge is 2.12. The van der Waals surface area contributed by atoms with Crippen molar-refractivity contribution in [1.82, 2.24) is 4.98 Å². The lowest BCUT2D eigenvalue weighted by Crippen LogP contribution is -2.13. The average molecular weight is 316 g/mol. The maximum atomic E-state index is 12.0. The molecule has 0 bridgehead atoms. The molecule has 6 heteroatoms. The first-order valence-corrected chi connectivity index (χ1v) is 6.50. The summed E-state index contributed by atoms with van der Waals surface area (Å²) in [6, 6.07) is 8.27. The van der Waals surface area contributed by atoms with E-state index in [9.17, 15) is 4.79 Å². The van der Waals surface area contributed by atoms with Gasteiger partial charge in [0.05, 0.1) is 5.56 Å². The number of aryl methyl sites for hydroxylation is 1. The molecule has 0 atom stereocenters. The first kappa shape index (κ1) is 14.1. The fraction of sp³-hybridized carbons (Fsp3) is 0.0769. The number of nitrogens with zero attached hydrogens (tertiary/aromatic N) is 1. The minimum atomic E-state index is -0.367. The van der Waals surface area contributed by atoms with E-state index in [1.54, 1.807) is 12.1 Å². The van der Waals surface area contributed by atoms with Crippen LogP contribution in [-0.4, -0.2) is 10.9 Å². The average Bonchev–Trinajstić information content (AvgIpc) is 2.33. The second kappa shape index (κ2) is 5.78. The molecule has 0 aliphatic rings. The van der Waals surface area contributed by atoms with Crippen LogP contribution in [0.5, 0.6) is 0 Å². The standard InChI is InChI=1S/C13H9Cl3N2O/c1-7-2-3-8(6-10(7)14)17-13(19)9-4-5-11(15)18-12(9)16/h2-6H,1H3,(H,17,19). The Morgan fingerprint density at radius 2 is 1.89 bits per heavy atom. The SMILES string of the molecule is Cc1ccc(NC(=O)c2ccc(Cl)nc2Cl)cc1Cl. The van der Waals surface area contributed by atoms with E-state index >= 15 is 0 Å². The number of carbonyl (C=O) groups is 1. The van der Waals surface area contributed by atoms with Crippen LogP contribution in [0.4, 0.5) is 5.69 Å². The molecule has 2 rings (SSSR count). The van der Waals surface area contributed by atoms with Gasteiger partial charge in [-0.2, -0.15) is 0 Å². The summed E-state index contributed by atoms with van der Waals surface area (Å²) in [5, 5.41) is 3.57. The van der Waals surface area contributed by atoms with Crippen molar-refractivity contribution in [3.63, 3.8) is 0 Å². The van der Waals surface area contributed by atoms with Crippen LogP contribution in [0.1, 0.15) is 15.9 Å². The fourth-order valence-corrected chi connectivity index (χ4v) is 2.06. The molecular weight excluding hydrogens is 307 g/mol. The Hall–Kier alpha value is -1.29. The van der Waals surface area contributed by atoms with Gasteiger partial charge in [-0.3, -0.25) is 4.79 Å². The fourth-order valence-electron chi connectivity index (χ4n) is 1.45. The van der Waals surface area contributed by atoms with Crippen molar-refractivity contribution in [2.45, 2.75) is 6.92 Å². The van der Waals surface area contributed by atoms with Gasteiger partial charge in [-0.1, -0.05) is 40.9 Å². The van der Waals surface area contributed by atoms with Crippen molar-refractivity contribution >= 4 is 46.4 Å². The van der Waals surface area contributed by atoms with Crippen LogP contribution >= 0.6 is 34.8 Å². The Morgan fingerprint density at radius 3 is 2.53 bits per heavy atom. The highest BCUT2D eigenvalue weighted by Crippen LogP contribution is 2.22. The highest BCUT2D eigenvalue weighted by molar-refractivity contribution is 6.35. The molecule has 0 unspecified atom stereocenters. The molecule has 1 N–H and O–H groups in total. The lowest BCUT2D eigenvalue weighted by Gasteiger charge is -2.07. The summed E-state index contributed by atoms with van der Waals surface area (Å²) in [5.74, 6) is -0.367. The van der Waals surface area contributed by atoms with Gasteiger partial charge in [-0.25, -0.2) is 4.98 Å². The molecule has 1 amide bonds. The van der Waals surface area contributed by atoms with Crippen molar-refractivity contribution in [3.8, 4) is 0 Å². The Morgan fingerprint density at radius 1 is 1.16 bits per heavy atom. The van der Waals surface area contributed by atoms with E-state index in [1.165, 1.54) is 12.1 Å². The van der Waals surface area contributed by atoms with E-state index in [2.05, 4.69) is 10.3 Å². The zero-order valence-corrected chi connectivity index (χ0v) is 12.1. The van der Waals surface area contributed by atoms with Gasteiger partial charge in [-0.15, -0.1) is 0 Å². The summed E-state index contributed by atoms with van der Waals surface area (Å²) in [6.07, 6.45) is 0. The zero-order valence-electron chi connectivity index (χ0n) is 9.88. The molecule has 19 heavy (non-hydrogen) atoms. The monoisotopic (exact) mass is 314 g/mol. The maximum absolute atomic E-state index is 12.0. The molecule has 3 nitrogen and oxygen atoms in total. The summed E-state index contributed by atoms with van der Waals surface area (Å²) in [6.45, 7) is 1.88. The number of carbonyl (C=O) groups excluding carboxylic acids is 1. The topological polar surface area (TPSA) is 42.0 Å². The van der Waals surface area contributed by atoms with E-state index in [-0.39, 0.29) is 21.8 Å². The first-order chi connectivity index (χ1) is 8.97. The largest absolute Gasteiger partial charge is 0.322 e. The number of benzene rings is 1. The van der Waals surface area contributed by atoms with Gasteiger partial charge in [0.1, 0.15) is 10.3 Å². The minimum absolute atomic E-state index is 0.0585. The summed E-state index contributed by atoms with van der Waals surface area (Å²) >= 11 is 17.5. The third-order valence-corrected chi connectivity index (χ3v) is 3.39. The summed E-state index contributed by atoms with van der Waals surface area (Å²) in [7, 11) is 0. The predicted octanol–water partition coefficient (Wildman–Crippen LogP) is 4.60. The lowest BCUT2D eigenvalue weighted by molar-refractivity contribution is 0.102. The van der Waals surface area contributed by atoms with Gasteiger partial charge in [-0.05, 0) is 36.8 Å². The number of nitrogens with one attached hydrogen (secondary N) is 1. The number of hydrogen-bond donors (Lipinski definition) is 1. The van der Waals surface area contributed by atoms with Crippen molar-refractivity contribution < 1.29 is 4.79 Å². The molecule has 1 heterocycles. The Balaban J connectivity index is 2.23. The van der Waals surface area contributed by atoms with E-state index in [4.69, 9.17) is 34.8 Å². The molecule has 0 aliphatic heterocycles. The van der Waals surface area contributed by atoms with E-state index in [0.717, 1.165) is 5.56 Å². The number of rotatable bonds is 2. The van der Waals surface area contributed by atoms with Crippen LogP contribution < -0.4 is 5.32 Å². The second-order valence-corrected chi connectivity index (χ2v) is 5.04. The van der Waals surface area contributed by atoms with Crippen LogP contribution in [0.15, 0.2) is 30.3 Å². The molecular formula is C13H9Cl3N2O. The van der Waals surface area contributed by atoms with Gasteiger partial charge in [0, 0.05) is 10.7 Å². The maximum Gasteiger partial charge on any atom is 0.258 e. The number of aromatic nitrogens is 1. The Bertz CT molecular complexity index is 644. The molecule has 0 saturated heterocycles. The van der Waals surface area contributed by atoms with E-state index < -0.39 is 0 Å². The molecule has 0 spiro atoms. The quantitative estimate of drug-likeness (QED) is 0.823. The van der Waals surface area contributed by atoms with Crippen molar-refractivity contribution in [2.24, 2.45) is 0 Å². The van der Waals surface area contributed by atoms with Gasteiger partial charge >= 0.3 is 0 Å². The molecule has 0 radical (unpaired) electrons. The number of halogens is 3. The van der Waals surface area contributed by atoms with Crippen LogP contribution in [0.3, 0.4) is 0 Å². The molecule has 0 fully saturated rings. The molecule has 1 aromatic carbocycles. The molecule has 1 aromatic heterocycles. The molecule has 2 aromatic rings. The third kappa shape index (κ3) is 3.38.